The van der Waals surface area contributed by atoms with Crippen molar-refractivity contribution < 1.29 is 0 Å². The molecule has 9 rings (SSSR count). The molecule has 0 bridgehead atoms. The normalized spacial score (nSPS) is 12.2. The van der Waals surface area contributed by atoms with Crippen molar-refractivity contribution in [1.29, 1.82) is 0 Å². The Kier molecular flexibility index (Phi) is 11.6. The van der Waals surface area contributed by atoms with E-state index in [-0.39, 0.29) is 0 Å². The quantitative estimate of drug-likeness (QED) is 0.0897. The summed E-state index contributed by atoms with van der Waals surface area (Å²) in [7, 11) is 0. The van der Waals surface area contributed by atoms with Gasteiger partial charge in [0.1, 0.15) is 0 Å². The average molecular weight is 797 g/mol. The van der Waals surface area contributed by atoms with Crippen molar-refractivity contribution in [2.45, 2.75) is 6.92 Å². The van der Waals surface area contributed by atoms with Gasteiger partial charge in [0.25, 0.3) is 0 Å². The fourth-order valence-electron chi connectivity index (χ4n) is 8.64. The number of hydrogen-bond acceptors (Lipinski definition) is 2. The van der Waals surface area contributed by atoms with E-state index in [1.54, 1.807) is 6.08 Å². The summed E-state index contributed by atoms with van der Waals surface area (Å²) in [4.78, 5) is 4.65. The first kappa shape index (κ1) is 39.5. The molecule has 9 aromatic rings. The van der Waals surface area contributed by atoms with Gasteiger partial charge < -0.3 is 9.80 Å². The number of hydrogen-bond donors (Lipinski definition) is 0. The highest BCUT2D eigenvalue weighted by atomic mass is 15.1. The van der Waals surface area contributed by atoms with Crippen LogP contribution in [0.2, 0.25) is 0 Å². The lowest BCUT2D eigenvalue weighted by Crippen LogP contribution is -2.27. The van der Waals surface area contributed by atoms with Gasteiger partial charge in [0, 0.05) is 35.0 Å². The fraction of sp³-hybridized carbons (Fsp3) is 0.0333. The van der Waals surface area contributed by atoms with Gasteiger partial charge in [-0.2, -0.15) is 0 Å². The van der Waals surface area contributed by atoms with Gasteiger partial charge in [0.2, 0.25) is 0 Å². The zero-order chi connectivity index (χ0) is 42.3. The van der Waals surface area contributed by atoms with E-state index in [9.17, 15) is 0 Å². The molecule has 0 saturated heterocycles. The summed E-state index contributed by atoms with van der Waals surface area (Å²) >= 11 is 0. The molecule has 0 aliphatic rings. The molecule has 0 atom stereocenters. The lowest BCUT2D eigenvalue weighted by atomic mass is 9.85. The largest absolute Gasteiger partial charge is 0.338 e. The van der Waals surface area contributed by atoms with Crippen LogP contribution in [0.15, 0.2) is 238 Å². The first-order chi connectivity index (χ1) is 30.6. The van der Waals surface area contributed by atoms with Crippen LogP contribution in [-0.4, -0.2) is 6.54 Å². The molecule has 0 aromatic heterocycles. The summed E-state index contributed by atoms with van der Waals surface area (Å²) in [6, 6.07) is 69.7. The zero-order valence-corrected chi connectivity index (χ0v) is 35.0. The molecule has 0 heterocycles. The molecular weight excluding hydrogens is 749 g/mol. The Labute approximate surface area is 365 Å². The lowest BCUT2D eigenvalue weighted by molar-refractivity contribution is 1.09. The van der Waals surface area contributed by atoms with Gasteiger partial charge in [-0.05, 0) is 145 Å². The number of benzene rings is 9. The van der Waals surface area contributed by atoms with Crippen LogP contribution in [-0.2, 0) is 0 Å². The number of anilines is 5. The minimum absolute atomic E-state index is 0.730. The maximum Gasteiger partial charge on any atom is 0.0468 e. The van der Waals surface area contributed by atoms with Crippen molar-refractivity contribution in [2.75, 3.05) is 16.3 Å². The molecule has 0 N–H and O–H groups in total. The second kappa shape index (κ2) is 18.1. The maximum atomic E-state index is 4.77. The van der Waals surface area contributed by atoms with Crippen molar-refractivity contribution in [3.8, 4) is 11.1 Å². The van der Waals surface area contributed by atoms with Crippen LogP contribution in [0.3, 0.4) is 0 Å². The van der Waals surface area contributed by atoms with Crippen LogP contribution >= 0.6 is 0 Å². The van der Waals surface area contributed by atoms with E-state index in [4.69, 9.17) is 6.58 Å². The molecule has 0 unspecified atom stereocenters. The first-order valence-electron chi connectivity index (χ1n) is 21.2. The third-order valence-corrected chi connectivity index (χ3v) is 11.5. The minimum Gasteiger partial charge on any atom is -0.338 e. The number of fused-ring (bicyclic) bond motifs is 3. The molecule has 62 heavy (non-hydrogen) atoms. The molecule has 0 amide bonds. The number of allylic oxidation sites excluding steroid dienone is 5. The molecule has 0 spiro atoms. The van der Waals surface area contributed by atoms with E-state index in [1.807, 2.05) is 12.2 Å². The third kappa shape index (κ3) is 8.02. The first-order valence-corrected chi connectivity index (χ1v) is 21.2. The monoisotopic (exact) mass is 796 g/mol. The van der Waals surface area contributed by atoms with Crippen LogP contribution < -0.4 is 20.2 Å². The predicted molar refractivity (Wildman–Crippen MR) is 270 cm³/mol. The van der Waals surface area contributed by atoms with Crippen molar-refractivity contribution in [1.82, 2.24) is 0 Å². The van der Waals surface area contributed by atoms with E-state index in [0.717, 1.165) is 56.6 Å². The summed E-state index contributed by atoms with van der Waals surface area (Å²) in [6.45, 7) is 11.4. The Morgan fingerprint density at radius 1 is 0.484 bits per heavy atom. The number of para-hydroxylation sites is 3. The van der Waals surface area contributed by atoms with E-state index < -0.39 is 0 Å². The van der Waals surface area contributed by atoms with Gasteiger partial charge in [-0.25, -0.2) is 0 Å². The standard InChI is InChI=1S/C60H48N2/c1-4-6-7-8-22-39-61(50-23-12-9-13-24-50)53-37-35-46(45(5-2)42-53)40-44(3)59-55-29-18-20-31-57(55)60(58-32-21-19-30-56(58)59)49-34-33-48-43-54(38-36-47(48)41-49)62(51-25-14-10-15-26-51)52-27-16-11-17-28-52/h4-38,40-43H,1,3,39H2,2H3/b7-6-,22-8-,45-5-,46-40-. The van der Waals surface area contributed by atoms with E-state index in [1.165, 1.54) is 43.4 Å². The Balaban J connectivity index is 1.12. The number of nitrogens with zero attached hydrogens (tertiary/aromatic N) is 2. The molecule has 2 heteroatoms. The highest BCUT2D eigenvalue weighted by Gasteiger charge is 2.18. The predicted octanol–water partition coefficient (Wildman–Crippen LogP) is 15.0. The summed E-state index contributed by atoms with van der Waals surface area (Å²) in [5.41, 5.74) is 10.2. The molecule has 0 aliphatic carbocycles. The van der Waals surface area contributed by atoms with Crippen molar-refractivity contribution in [3.63, 3.8) is 0 Å². The van der Waals surface area contributed by atoms with Crippen molar-refractivity contribution >= 4 is 78.5 Å². The Morgan fingerprint density at radius 3 is 1.65 bits per heavy atom. The maximum absolute atomic E-state index is 4.77. The van der Waals surface area contributed by atoms with Gasteiger partial charge in [-0.1, -0.05) is 177 Å². The van der Waals surface area contributed by atoms with Gasteiger partial charge in [-0.3, -0.25) is 0 Å². The second-order valence-corrected chi connectivity index (χ2v) is 15.4. The van der Waals surface area contributed by atoms with Crippen LogP contribution in [0.5, 0.6) is 0 Å². The van der Waals surface area contributed by atoms with Gasteiger partial charge in [-0.15, -0.1) is 0 Å². The molecular formula is C60H48N2. The molecule has 0 saturated carbocycles. The van der Waals surface area contributed by atoms with Crippen LogP contribution in [0.4, 0.5) is 28.4 Å². The van der Waals surface area contributed by atoms with Crippen molar-refractivity contribution in [3.05, 3.63) is 254 Å². The SMILES string of the molecule is C=C/C=C\C=C/CN(c1ccccc1)c1ccc(=C/C(=C)c2c3ccccc3c(-c3ccc4cc(N(c5ccccc5)c5ccccc5)ccc4c3)c3ccccc23)/c(=C\C)c1. The third-order valence-electron chi connectivity index (χ3n) is 11.5. The molecule has 2 nitrogen and oxygen atoms in total. The van der Waals surface area contributed by atoms with E-state index in [0.29, 0.717) is 0 Å². The molecule has 0 radical (unpaired) electrons. The molecule has 9 aromatic carbocycles. The van der Waals surface area contributed by atoms with Crippen LogP contribution in [0.1, 0.15) is 12.5 Å². The molecule has 0 aliphatic heterocycles. The fourth-order valence-corrected chi connectivity index (χ4v) is 8.64. The smallest absolute Gasteiger partial charge is 0.0468 e. The molecule has 0 fully saturated rings. The Morgan fingerprint density at radius 2 is 1.03 bits per heavy atom. The summed E-state index contributed by atoms with van der Waals surface area (Å²) in [6.07, 6.45) is 14.4. The Hall–Kier alpha value is -7.94. The van der Waals surface area contributed by atoms with Crippen LogP contribution in [0.25, 0.3) is 61.2 Å². The van der Waals surface area contributed by atoms with Gasteiger partial charge in [0.15, 0.2) is 0 Å². The lowest BCUT2D eigenvalue weighted by Gasteiger charge is -2.25. The summed E-state index contributed by atoms with van der Waals surface area (Å²) in [5, 5.41) is 9.45. The highest BCUT2D eigenvalue weighted by Crippen LogP contribution is 2.43. The minimum atomic E-state index is 0.730. The average Bonchev–Trinajstić information content (AvgIpc) is 3.33. The van der Waals surface area contributed by atoms with Gasteiger partial charge in [0.05, 0.1) is 0 Å². The second-order valence-electron chi connectivity index (χ2n) is 15.4. The topological polar surface area (TPSA) is 6.48 Å². The Bertz CT molecular complexity index is 3150. The van der Waals surface area contributed by atoms with Crippen LogP contribution in [0, 0.1) is 0 Å². The highest BCUT2D eigenvalue weighted by molar-refractivity contribution is 6.21. The van der Waals surface area contributed by atoms with E-state index >= 15 is 0 Å². The molecule has 298 valence electrons. The van der Waals surface area contributed by atoms with Crippen molar-refractivity contribution in [2.24, 2.45) is 0 Å². The van der Waals surface area contributed by atoms with E-state index in [2.05, 4.69) is 242 Å². The summed E-state index contributed by atoms with van der Waals surface area (Å²) < 4.78 is 0. The summed E-state index contributed by atoms with van der Waals surface area (Å²) in [5.74, 6) is 0. The number of rotatable bonds is 12. The van der Waals surface area contributed by atoms with Gasteiger partial charge >= 0.3 is 0 Å². The zero-order valence-electron chi connectivity index (χ0n) is 35.0.